The molecule has 0 aliphatic carbocycles. The number of carbonyl (C=O) groups excluding carboxylic acids is 2. The molecular weight excluding hydrogens is 200 g/mol. The monoisotopic (exact) mass is 212 g/mol. The van der Waals surface area contributed by atoms with E-state index in [2.05, 4.69) is 4.74 Å². The second-order valence-electron chi connectivity index (χ2n) is 2.85. The maximum atomic E-state index is 11.4. The first kappa shape index (κ1) is 10.9. The molecule has 0 bridgehead atoms. The van der Waals surface area contributed by atoms with Crippen molar-refractivity contribution in [3.8, 4) is 0 Å². The fourth-order valence-corrected chi connectivity index (χ4v) is 1.74. The Bertz CT molecular complexity index is 341. The maximum absolute atomic E-state index is 11.4. The average Bonchev–Trinajstić information content (AvgIpc) is 2.52. The first-order valence-electron chi connectivity index (χ1n) is 4.37. The number of Topliss-reactive ketones (excluding diaryl/α,β-unsaturated/α-hetero) is 1. The van der Waals surface area contributed by atoms with Crippen molar-refractivity contribution in [1.29, 1.82) is 0 Å². The molecule has 1 rings (SSSR count). The zero-order valence-electron chi connectivity index (χ0n) is 8.20. The van der Waals surface area contributed by atoms with E-state index < -0.39 is 5.97 Å². The quantitative estimate of drug-likeness (QED) is 0.436. The van der Waals surface area contributed by atoms with Crippen LogP contribution >= 0.6 is 11.3 Å². The predicted molar refractivity (Wildman–Crippen MR) is 54.6 cm³/mol. The lowest BCUT2D eigenvalue weighted by molar-refractivity contribution is -0.141. The van der Waals surface area contributed by atoms with E-state index in [1.807, 2.05) is 6.92 Å². The molecule has 0 radical (unpaired) electrons. The van der Waals surface area contributed by atoms with Gasteiger partial charge in [0, 0.05) is 15.8 Å². The van der Waals surface area contributed by atoms with Crippen LogP contribution in [-0.2, 0) is 9.53 Å². The molecule has 3 nitrogen and oxygen atoms in total. The molecule has 0 aliphatic rings. The van der Waals surface area contributed by atoms with E-state index >= 15 is 0 Å². The average molecular weight is 212 g/mol. The number of hydrogen-bond donors (Lipinski definition) is 0. The first-order chi connectivity index (χ1) is 6.63. The molecule has 0 aromatic carbocycles. The lowest BCUT2D eigenvalue weighted by Gasteiger charge is -1.98. The van der Waals surface area contributed by atoms with E-state index in [0.29, 0.717) is 12.2 Å². The van der Waals surface area contributed by atoms with Crippen LogP contribution in [0.15, 0.2) is 11.4 Å². The van der Waals surface area contributed by atoms with Gasteiger partial charge in [0.05, 0.1) is 6.61 Å². The molecule has 4 heteroatoms. The molecule has 1 heterocycles. The van der Waals surface area contributed by atoms with Crippen LogP contribution in [0.1, 0.15) is 28.6 Å². The number of rotatable bonds is 4. The van der Waals surface area contributed by atoms with Gasteiger partial charge >= 0.3 is 5.97 Å². The largest absolute Gasteiger partial charge is 0.466 e. The molecule has 0 atom stereocenters. The molecule has 0 aliphatic heterocycles. The second kappa shape index (κ2) is 4.91. The highest BCUT2D eigenvalue weighted by molar-refractivity contribution is 7.10. The Kier molecular flexibility index (Phi) is 3.83. The molecule has 0 unspecified atom stereocenters. The zero-order valence-corrected chi connectivity index (χ0v) is 9.02. The number of ether oxygens (including phenoxy) is 1. The summed E-state index contributed by atoms with van der Waals surface area (Å²) in [5, 5.41) is 1.76. The number of aryl methyl sites for hydroxylation is 1. The Morgan fingerprint density at radius 2 is 2.21 bits per heavy atom. The molecule has 0 amide bonds. The van der Waals surface area contributed by atoms with E-state index in [4.69, 9.17) is 0 Å². The summed E-state index contributed by atoms with van der Waals surface area (Å²) in [4.78, 5) is 23.5. The van der Waals surface area contributed by atoms with Crippen LogP contribution in [0, 0.1) is 6.92 Å². The minimum atomic E-state index is -0.457. The fraction of sp³-hybridized carbons (Fsp3) is 0.400. The van der Waals surface area contributed by atoms with Gasteiger partial charge in [-0.25, -0.2) is 0 Å². The minimum Gasteiger partial charge on any atom is -0.466 e. The predicted octanol–water partition coefficient (Wildman–Crippen LogP) is 2.19. The topological polar surface area (TPSA) is 43.4 Å². The third kappa shape index (κ3) is 2.96. The molecule has 0 saturated carbocycles. The van der Waals surface area contributed by atoms with Gasteiger partial charge < -0.3 is 4.74 Å². The van der Waals surface area contributed by atoms with Crippen molar-refractivity contribution in [3.05, 3.63) is 21.9 Å². The third-order valence-electron chi connectivity index (χ3n) is 1.66. The molecule has 1 aromatic heterocycles. The molecule has 0 spiro atoms. The van der Waals surface area contributed by atoms with Crippen LogP contribution in [0.2, 0.25) is 0 Å². The van der Waals surface area contributed by atoms with E-state index in [9.17, 15) is 9.59 Å². The Balaban J connectivity index is 2.55. The lowest BCUT2D eigenvalue weighted by Crippen LogP contribution is -2.10. The van der Waals surface area contributed by atoms with E-state index in [0.717, 1.165) is 4.88 Å². The Morgan fingerprint density at radius 1 is 1.50 bits per heavy atom. The van der Waals surface area contributed by atoms with Gasteiger partial charge in [-0.15, -0.1) is 11.3 Å². The van der Waals surface area contributed by atoms with E-state index in [1.54, 1.807) is 18.4 Å². The molecule has 0 fully saturated rings. The number of ketones is 1. The van der Waals surface area contributed by atoms with Gasteiger partial charge in [-0.1, -0.05) is 0 Å². The lowest BCUT2D eigenvalue weighted by atomic mass is 10.1. The van der Waals surface area contributed by atoms with Crippen molar-refractivity contribution in [1.82, 2.24) is 0 Å². The number of hydrogen-bond acceptors (Lipinski definition) is 4. The summed E-state index contributed by atoms with van der Waals surface area (Å²) in [7, 11) is 0. The number of carbonyl (C=O) groups is 2. The summed E-state index contributed by atoms with van der Waals surface area (Å²) in [6, 6.07) is 1.78. The van der Waals surface area contributed by atoms with Gasteiger partial charge in [0.1, 0.15) is 6.42 Å². The van der Waals surface area contributed by atoms with Gasteiger partial charge in [0.15, 0.2) is 5.78 Å². The van der Waals surface area contributed by atoms with Crippen molar-refractivity contribution in [2.24, 2.45) is 0 Å². The van der Waals surface area contributed by atoms with Gasteiger partial charge in [-0.2, -0.15) is 0 Å². The molecule has 1 aromatic rings. The third-order valence-corrected chi connectivity index (χ3v) is 2.52. The van der Waals surface area contributed by atoms with Crippen LogP contribution in [0.25, 0.3) is 0 Å². The molecular formula is C10H12O3S. The van der Waals surface area contributed by atoms with E-state index in [1.165, 1.54) is 11.3 Å². The standard InChI is InChI=1S/C10H12O3S/c1-3-13-10(12)5-9(11)8-4-7(2)14-6-8/h4,6H,3,5H2,1-2H3. The summed E-state index contributed by atoms with van der Waals surface area (Å²) in [5.74, 6) is -0.630. The van der Waals surface area contributed by atoms with Crippen LogP contribution in [0.4, 0.5) is 0 Å². The molecule has 0 N–H and O–H groups in total. The summed E-state index contributed by atoms with van der Waals surface area (Å²) < 4.78 is 4.68. The first-order valence-corrected chi connectivity index (χ1v) is 5.25. The summed E-state index contributed by atoms with van der Waals surface area (Å²) in [5.41, 5.74) is 0.598. The van der Waals surface area contributed by atoms with Crippen molar-refractivity contribution in [2.75, 3.05) is 6.61 Å². The second-order valence-corrected chi connectivity index (χ2v) is 3.97. The Labute approximate surface area is 86.7 Å². The normalized spacial score (nSPS) is 9.86. The number of thiophene rings is 1. The van der Waals surface area contributed by atoms with Crippen molar-refractivity contribution in [2.45, 2.75) is 20.3 Å². The summed E-state index contributed by atoms with van der Waals surface area (Å²) in [6.07, 6.45) is -0.163. The highest BCUT2D eigenvalue weighted by atomic mass is 32.1. The van der Waals surface area contributed by atoms with Crippen LogP contribution < -0.4 is 0 Å². The highest BCUT2D eigenvalue weighted by Gasteiger charge is 2.13. The minimum absolute atomic E-state index is 0.163. The van der Waals surface area contributed by atoms with Crippen molar-refractivity contribution < 1.29 is 14.3 Å². The Hall–Kier alpha value is -1.16. The maximum Gasteiger partial charge on any atom is 0.313 e. The van der Waals surface area contributed by atoms with E-state index in [-0.39, 0.29) is 12.2 Å². The van der Waals surface area contributed by atoms with Crippen molar-refractivity contribution >= 4 is 23.1 Å². The fourth-order valence-electron chi connectivity index (χ4n) is 1.03. The smallest absolute Gasteiger partial charge is 0.313 e. The van der Waals surface area contributed by atoms with Crippen LogP contribution in [-0.4, -0.2) is 18.4 Å². The van der Waals surface area contributed by atoms with Crippen molar-refractivity contribution in [3.63, 3.8) is 0 Å². The summed E-state index contributed by atoms with van der Waals surface area (Å²) >= 11 is 1.50. The van der Waals surface area contributed by atoms with Gasteiger partial charge in [-0.3, -0.25) is 9.59 Å². The zero-order chi connectivity index (χ0) is 10.6. The molecule has 0 saturated heterocycles. The van der Waals surface area contributed by atoms with Crippen LogP contribution in [0.3, 0.4) is 0 Å². The molecule has 76 valence electrons. The van der Waals surface area contributed by atoms with Gasteiger partial charge in [0.2, 0.25) is 0 Å². The molecule has 14 heavy (non-hydrogen) atoms. The highest BCUT2D eigenvalue weighted by Crippen LogP contribution is 2.14. The number of esters is 1. The summed E-state index contributed by atoms with van der Waals surface area (Å²) in [6.45, 7) is 3.96. The van der Waals surface area contributed by atoms with Gasteiger partial charge in [0.25, 0.3) is 0 Å². The van der Waals surface area contributed by atoms with Crippen LogP contribution in [0.5, 0.6) is 0 Å². The van der Waals surface area contributed by atoms with Gasteiger partial charge in [-0.05, 0) is 19.9 Å². The Morgan fingerprint density at radius 3 is 2.71 bits per heavy atom. The SMILES string of the molecule is CCOC(=O)CC(=O)c1csc(C)c1.